The number of hydrogen-bond acceptors (Lipinski definition) is 3. The summed E-state index contributed by atoms with van der Waals surface area (Å²) in [5, 5.41) is 3.91. The van der Waals surface area contributed by atoms with E-state index in [9.17, 15) is 4.39 Å². The average Bonchev–Trinajstić information content (AvgIpc) is 2.84. The maximum atomic E-state index is 13.4. The topological polar surface area (TPSA) is 83.7 Å². The monoisotopic (exact) mass is 218 g/mol. The van der Waals surface area contributed by atoms with Crippen LogP contribution in [0, 0.1) is 5.82 Å². The highest BCUT2D eigenvalue weighted by atomic mass is 19.1. The van der Waals surface area contributed by atoms with Gasteiger partial charge >= 0.3 is 0 Å². The summed E-state index contributed by atoms with van der Waals surface area (Å²) < 4.78 is 13.4. The molecule has 0 unspecified atom stereocenters. The Bertz CT molecular complexity index is 625. The normalized spacial score (nSPS) is 15.3. The molecule has 6 heteroatoms. The summed E-state index contributed by atoms with van der Waals surface area (Å²) in [6, 6.07) is 4.79. The van der Waals surface area contributed by atoms with Gasteiger partial charge in [0.05, 0.1) is 11.6 Å². The van der Waals surface area contributed by atoms with Crippen LogP contribution < -0.4 is 11.2 Å². The molecule has 0 spiro atoms. The van der Waals surface area contributed by atoms with Gasteiger partial charge in [-0.3, -0.25) is 0 Å². The molecule has 2 aromatic rings. The van der Waals surface area contributed by atoms with Gasteiger partial charge in [0.15, 0.2) is 17.5 Å². The van der Waals surface area contributed by atoms with Crippen molar-refractivity contribution < 1.29 is 9.82 Å². The zero-order chi connectivity index (χ0) is 11.1. The Morgan fingerprint density at radius 1 is 1.38 bits per heavy atom. The first-order valence-corrected chi connectivity index (χ1v) is 4.77. The number of fused-ring (bicyclic) bond motifs is 1. The number of amidine groups is 1. The van der Waals surface area contributed by atoms with Crippen molar-refractivity contribution >= 4 is 22.6 Å². The van der Waals surface area contributed by atoms with Crippen LogP contribution in [-0.2, 0) is 0 Å². The van der Waals surface area contributed by atoms with Crippen LogP contribution >= 0.6 is 0 Å². The third kappa shape index (κ3) is 1.28. The van der Waals surface area contributed by atoms with Crippen LogP contribution in [0.1, 0.15) is 5.82 Å². The third-order valence-corrected chi connectivity index (χ3v) is 2.39. The summed E-state index contributed by atoms with van der Waals surface area (Å²) in [6.45, 7) is 0. The van der Waals surface area contributed by atoms with Crippen molar-refractivity contribution in [3.05, 3.63) is 35.9 Å². The van der Waals surface area contributed by atoms with E-state index in [1.807, 2.05) is 0 Å². The minimum Gasteiger partial charge on any atom is -0.379 e. The van der Waals surface area contributed by atoms with Crippen LogP contribution in [0.2, 0.25) is 0 Å². The molecule has 16 heavy (non-hydrogen) atoms. The summed E-state index contributed by atoms with van der Waals surface area (Å²) in [5.74, 6) is 0.660. The van der Waals surface area contributed by atoms with Gasteiger partial charge in [0, 0.05) is 0 Å². The Morgan fingerprint density at radius 2 is 2.25 bits per heavy atom. The van der Waals surface area contributed by atoms with Gasteiger partial charge in [0.25, 0.3) is 0 Å². The SMILES string of the molecule is NC1=N[NH2+]C(c2nc3c(F)cccc3[nH]2)=C1. The number of nitrogens with zero attached hydrogens (tertiary/aromatic N) is 2. The number of halogens is 1. The molecule has 0 amide bonds. The molecule has 1 aromatic heterocycles. The van der Waals surface area contributed by atoms with Crippen molar-refractivity contribution in [3.8, 4) is 0 Å². The minimum absolute atomic E-state index is 0.331. The summed E-state index contributed by atoms with van der Waals surface area (Å²) >= 11 is 0. The molecule has 2 heterocycles. The molecule has 5 N–H and O–H groups in total. The van der Waals surface area contributed by atoms with E-state index in [1.54, 1.807) is 23.6 Å². The number of benzene rings is 1. The van der Waals surface area contributed by atoms with E-state index in [0.717, 1.165) is 5.70 Å². The molecule has 0 saturated carbocycles. The predicted octanol–water partition coefficient (Wildman–Crippen LogP) is -0.108. The van der Waals surface area contributed by atoms with Crippen molar-refractivity contribution in [3.63, 3.8) is 0 Å². The highest BCUT2D eigenvalue weighted by Gasteiger charge is 2.17. The van der Waals surface area contributed by atoms with E-state index in [1.165, 1.54) is 6.07 Å². The molecular weight excluding hydrogens is 209 g/mol. The van der Waals surface area contributed by atoms with Crippen LogP contribution in [0.3, 0.4) is 0 Å². The van der Waals surface area contributed by atoms with Gasteiger partial charge < -0.3 is 10.7 Å². The van der Waals surface area contributed by atoms with Gasteiger partial charge in [-0.15, -0.1) is 0 Å². The highest BCUT2D eigenvalue weighted by Crippen LogP contribution is 2.17. The van der Waals surface area contributed by atoms with Gasteiger partial charge in [0.2, 0.25) is 5.70 Å². The molecule has 0 radical (unpaired) electrons. The molecule has 1 aliphatic heterocycles. The largest absolute Gasteiger partial charge is 0.379 e. The zero-order valence-corrected chi connectivity index (χ0v) is 8.24. The molecule has 0 bridgehead atoms. The molecule has 0 fully saturated rings. The van der Waals surface area contributed by atoms with E-state index in [2.05, 4.69) is 15.1 Å². The van der Waals surface area contributed by atoms with E-state index in [0.29, 0.717) is 22.7 Å². The third-order valence-electron chi connectivity index (χ3n) is 2.39. The fraction of sp³-hybridized carbons (Fsp3) is 0. The lowest BCUT2D eigenvalue weighted by Gasteiger charge is -1.88. The van der Waals surface area contributed by atoms with Crippen LogP contribution in [0.15, 0.2) is 29.4 Å². The second-order valence-electron chi connectivity index (χ2n) is 3.50. The number of H-pyrrole nitrogens is 1. The van der Waals surface area contributed by atoms with E-state index in [4.69, 9.17) is 5.73 Å². The fourth-order valence-electron chi connectivity index (χ4n) is 1.64. The smallest absolute Gasteiger partial charge is 0.202 e. The zero-order valence-electron chi connectivity index (χ0n) is 8.24. The molecular formula is C10H9FN5+. The summed E-state index contributed by atoms with van der Waals surface area (Å²) in [5.41, 5.74) is 8.87. The summed E-state index contributed by atoms with van der Waals surface area (Å²) in [7, 11) is 0. The summed E-state index contributed by atoms with van der Waals surface area (Å²) in [6.07, 6.45) is 1.69. The molecule has 0 aliphatic carbocycles. The molecule has 1 aliphatic rings. The maximum Gasteiger partial charge on any atom is 0.202 e. The van der Waals surface area contributed by atoms with Crippen molar-refractivity contribution in [2.75, 3.05) is 0 Å². The number of aromatic nitrogens is 2. The Morgan fingerprint density at radius 3 is 2.94 bits per heavy atom. The van der Waals surface area contributed by atoms with Crippen LogP contribution in [0.5, 0.6) is 0 Å². The number of hydrogen-bond donors (Lipinski definition) is 3. The number of aromatic amines is 1. The minimum atomic E-state index is -0.340. The van der Waals surface area contributed by atoms with Crippen LogP contribution in [0.25, 0.3) is 16.7 Å². The average molecular weight is 218 g/mol. The second kappa shape index (κ2) is 3.14. The van der Waals surface area contributed by atoms with Crippen molar-refractivity contribution in [1.29, 1.82) is 0 Å². The first-order chi connectivity index (χ1) is 7.74. The van der Waals surface area contributed by atoms with Crippen molar-refractivity contribution in [2.45, 2.75) is 0 Å². The number of rotatable bonds is 1. The first-order valence-electron chi connectivity index (χ1n) is 4.77. The van der Waals surface area contributed by atoms with Gasteiger partial charge in [-0.1, -0.05) is 11.2 Å². The van der Waals surface area contributed by atoms with Gasteiger partial charge in [-0.05, 0) is 12.1 Å². The lowest BCUT2D eigenvalue weighted by molar-refractivity contribution is -0.566. The Hall–Kier alpha value is -2.21. The lowest BCUT2D eigenvalue weighted by Crippen LogP contribution is -2.73. The van der Waals surface area contributed by atoms with Gasteiger partial charge in [-0.25, -0.2) is 9.37 Å². The van der Waals surface area contributed by atoms with Crippen LogP contribution in [0.4, 0.5) is 4.39 Å². The highest BCUT2D eigenvalue weighted by molar-refractivity contribution is 5.97. The number of quaternary nitrogens is 1. The fourth-order valence-corrected chi connectivity index (χ4v) is 1.64. The van der Waals surface area contributed by atoms with Crippen molar-refractivity contribution in [1.82, 2.24) is 9.97 Å². The number of nitrogens with two attached hydrogens (primary N) is 2. The number of nitrogens with one attached hydrogen (secondary N) is 1. The molecule has 0 atom stereocenters. The number of para-hydroxylation sites is 1. The van der Waals surface area contributed by atoms with Crippen molar-refractivity contribution in [2.24, 2.45) is 10.8 Å². The maximum absolute atomic E-state index is 13.4. The van der Waals surface area contributed by atoms with E-state index >= 15 is 0 Å². The molecule has 5 nitrogen and oxygen atoms in total. The van der Waals surface area contributed by atoms with Crippen LogP contribution in [-0.4, -0.2) is 15.8 Å². The number of imidazole rings is 1. The van der Waals surface area contributed by atoms with Gasteiger partial charge in [-0.2, -0.15) is 5.43 Å². The summed E-state index contributed by atoms with van der Waals surface area (Å²) in [4.78, 5) is 7.19. The van der Waals surface area contributed by atoms with E-state index in [-0.39, 0.29) is 5.82 Å². The first kappa shape index (κ1) is 9.05. The Kier molecular flexibility index (Phi) is 1.78. The van der Waals surface area contributed by atoms with E-state index < -0.39 is 0 Å². The molecule has 1 aromatic carbocycles. The second-order valence-corrected chi connectivity index (χ2v) is 3.50. The molecule has 0 saturated heterocycles. The predicted molar refractivity (Wildman–Crippen MR) is 57.6 cm³/mol. The lowest BCUT2D eigenvalue weighted by atomic mass is 10.3. The molecule has 80 valence electrons. The van der Waals surface area contributed by atoms with Gasteiger partial charge in [0.1, 0.15) is 5.52 Å². The molecule has 3 rings (SSSR count). The quantitative estimate of drug-likeness (QED) is 0.583. The Labute approximate surface area is 89.9 Å². The standard InChI is InChI=1S/C10H8FN5/c11-5-2-1-3-6-9(5)14-10(13-6)7-4-8(12)16-15-7/h1-4H,(H,13,14)(H3,12,15,16)/p+1. The Balaban J connectivity index is 2.13.